The zero-order valence-electron chi connectivity index (χ0n) is 18.2. The first kappa shape index (κ1) is 23.9. The van der Waals surface area contributed by atoms with E-state index < -0.39 is 39.2 Å². The number of nitrogens with zero attached hydrogens (tertiary/aromatic N) is 4. The molecule has 0 saturated heterocycles. The molecule has 1 amide bonds. The number of ether oxygens (including phenoxy) is 1. The Hall–Kier alpha value is -4.74. The molecular formula is C22H18N4O8. The van der Waals surface area contributed by atoms with Gasteiger partial charge in [-0.1, -0.05) is 24.3 Å². The van der Waals surface area contributed by atoms with E-state index in [4.69, 9.17) is 4.74 Å². The summed E-state index contributed by atoms with van der Waals surface area (Å²) >= 11 is 0. The number of hydrogen-bond donors (Lipinski definition) is 1. The molecule has 0 unspecified atom stereocenters. The molecule has 34 heavy (non-hydrogen) atoms. The van der Waals surface area contributed by atoms with Crippen LogP contribution in [0.4, 0.5) is 11.4 Å². The standard InChI is InChI=1S/C22H18N4O8/c1-11(2)34-22(29)18(12(3)27)19-16-6-4-5-7-17(16)20(23-19)24-21(28)13-8-14(25(30)31)10-15(9-13)26(32)33/h4-11,27H,1-3H3/b18-12+,24-20?. The monoisotopic (exact) mass is 466 g/mol. The summed E-state index contributed by atoms with van der Waals surface area (Å²) in [6, 6.07) is 8.93. The SMILES string of the molecule is C/C(O)=C(\C(=O)OC(C)C)C1=NC(=NC(=O)c2cc([N+](=O)[O-])cc([N+](=O)[O-])c2)c2ccccc21. The molecule has 174 valence electrons. The number of allylic oxidation sites excluding steroid dienone is 1. The van der Waals surface area contributed by atoms with Gasteiger partial charge in [0.1, 0.15) is 11.3 Å². The third-order valence-corrected chi connectivity index (χ3v) is 4.56. The summed E-state index contributed by atoms with van der Waals surface area (Å²) in [4.78, 5) is 54.0. The number of non-ortho nitro benzene ring substituents is 2. The molecule has 1 aliphatic heterocycles. The lowest BCUT2D eigenvalue weighted by Gasteiger charge is -2.12. The molecule has 3 rings (SSSR count). The minimum Gasteiger partial charge on any atom is -0.512 e. The van der Waals surface area contributed by atoms with E-state index in [1.807, 2.05) is 0 Å². The Morgan fingerprint density at radius 1 is 1.03 bits per heavy atom. The number of nitro benzene ring substituents is 2. The van der Waals surface area contributed by atoms with E-state index in [-0.39, 0.29) is 28.4 Å². The highest BCUT2D eigenvalue weighted by atomic mass is 16.6. The topological polar surface area (TPSA) is 175 Å². The largest absolute Gasteiger partial charge is 0.512 e. The molecule has 0 atom stereocenters. The normalized spacial score (nSPS) is 14.4. The van der Waals surface area contributed by atoms with Crippen molar-refractivity contribution >= 4 is 34.8 Å². The summed E-state index contributed by atoms with van der Waals surface area (Å²) in [5.41, 5.74) is -1.13. The van der Waals surface area contributed by atoms with Crippen molar-refractivity contribution in [3.05, 3.63) is 90.7 Å². The summed E-state index contributed by atoms with van der Waals surface area (Å²) in [6.07, 6.45) is -0.474. The second-order valence-corrected chi connectivity index (χ2v) is 7.41. The first-order chi connectivity index (χ1) is 16.0. The average Bonchev–Trinajstić information content (AvgIpc) is 3.10. The zero-order chi connectivity index (χ0) is 25.2. The van der Waals surface area contributed by atoms with E-state index in [9.17, 15) is 34.9 Å². The molecule has 1 heterocycles. The van der Waals surface area contributed by atoms with E-state index in [1.165, 1.54) is 6.92 Å². The minimum atomic E-state index is -1.02. The molecule has 0 aromatic heterocycles. The quantitative estimate of drug-likeness (QED) is 0.220. The minimum absolute atomic E-state index is 0.0258. The number of amides is 1. The van der Waals surface area contributed by atoms with Crippen molar-refractivity contribution in [1.82, 2.24) is 0 Å². The van der Waals surface area contributed by atoms with Crippen molar-refractivity contribution in [1.29, 1.82) is 0 Å². The van der Waals surface area contributed by atoms with Crippen molar-refractivity contribution in [3.63, 3.8) is 0 Å². The third-order valence-electron chi connectivity index (χ3n) is 4.56. The Bertz CT molecular complexity index is 1290. The predicted molar refractivity (Wildman–Crippen MR) is 120 cm³/mol. The Kier molecular flexibility index (Phi) is 6.61. The number of fused-ring (bicyclic) bond motifs is 1. The number of carbonyl (C=O) groups excluding carboxylic acids is 2. The van der Waals surface area contributed by atoms with Crippen LogP contribution < -0.4 is 0 Å². The van der Waals surface area contributed by atoms with E-state index in [1.54, 1.807) is 38.1 Å². The number of esters is 1. The molecule has 0 saturated carbocycles. The van der Waals surface area contributed by atoms with Gasteiger partial charge in [-0.25, -0.2) is 9.79 Å². The lowest BCUT2D eigenvalue weighted by atomic mass is 9.99. The number of carbonyl (C=O) groups is 2. The van der Waals surface area contributed by atoms with Crippen LogP contribution in [0, 0.1) is 20.2 Å². The van der Waals surface area contributed by atoms with Gasteiger partial charge in [-0.15, -0.1) is 0 Å². The highest BCUT2D eigenvalue weighted by molar-refractivity contribution is 6.36. The second-order valence-electron chi connectivity index (χ2n) is 7.41. The molecule has 0 spiro atoms. The molecule has 0 radical (unpaired) electrons. The highest BCUT2D eigenvalue weighted by Crippen LogP contribution is 2.27. The smallest absolute Gasteiger partial charge is 0.344 e. The molecule has 1 N–H and O–H groups in total. The maximum absolute atomic E-state index is 12.8. The van der Waals surface area contributed by atoms with Gasteiger partial charge in [0.15, 0.2) is 5.84 Å². The van der Waals surface area contributed by atoms with Crippen LogP contribution in [0.3, 0.4) is 0 Å². The summed E-state index contributed by atoms with van der Waals surface area (Å²) < 4.78 is 5.19. The van der Waals surface area contributed by atoms with Crippen LogP contribution in [0.15, 0.2) is 63.8 Å². The van der Waals surface area contributed by atoms with Gasteiger partial charge in [-0.05, 0) is 20.8 Å². The first-order valence-corrected chi connectivity index (χ1v) is 9.86. The molecule has 1 aliphatic rings. The van der Waals surface area contributed by atoms with Gasteiger partial charge >= 0.3 is 5.97 Å². The highest BCUT2D eigenvalue weighted by Gasteiger charge is 2.31. The Labute approximate surface area is 192 Å². The number of aliphatic hydroxyl groups is 1. The molecule has 0 fully saturated rings. The van der Waals surface area contributed by atoms with Gasteiger partial charge in [0, 0.05) is 23.3 Å². The van der Waals surface area contributed by atoms with Gasteiger partial charge in [0.25, 0.3) is 17.3 Å². The summed E-state index contributed by atoms with van der Waals surface area (Å²) in [6.45, 7) is 4.55. The third kappa shape index (κ3) is 4.85. The number of benzene rings is 2. The number of aliphatic imine (C=N–C) groups is 2. The van der Waals surface area contributed by atoms with Gasteiger partial charge in [0.05, 0.1) is 33.3 Å². The average molecular weight is 466 g/mol. The van der Waals surface area contributed by atoms with Crippen molar-refractivity contribution in [3.8, 4) is 0 Å². The van der Waals surface area contributed by atoms with Crippen LogP contribution >= 0.6 is 0 Å². The summed E-state index contributed by atoms with van der Waals surface area (Å²) in [7, 11) is 0. The van der Waals surface area contributed by atoms with Gasteiger partial charge in [0.2, 0.25) is 0 Å². The Morgan fingerprint density at radius 2 is 1.59 bits per heavy atom. The predicted octanol–water partition coefficient (Wildman–Crippen LogP) is 3.68. The van der Waals surface area contributed by atoms with E-state index in [0.29, 0.717) is 11.1 Å². The first-order valence-electron chi connectivity index (χ1n) is 9.86. The molecule has 12 nitrogen and oxygen atoms in total. The molecule has 12 heteroatoms. The Balaban J connectivity index is 2.13. The molecule has 2 aromatic carbocycles. The van der Waals surface area contributed by atoms with E-state index in [2.05, 4.69) is 9.98 Å². The van der Waals surface area contributed by atoms with Crippen LogP contribution in [0.5, 0.6) is 0 Å². The molecular weight excluding hydrogens is 448 g/mol. The van der Waals surface area contributed by atoms with Crippen LogP contribution in [-0.4, -0.2) is 44.5 Å². The van der Waals surface area contributed by atoms with Crippen molar-refractivity contribution in [2.75, 3.05) is 0 Å². The summed E-state index contributed by atoms with van der Waals surface area (Å²) in [5.74, 6) is -2.34. The fourth-order valence-corrected chi connectivity index (χ4v) is 3.17. The fourth-order valence-electron chi connectivity index (χ4n) is 3.17. The van der Waals surface area contributed by atoms with E-state index in [0.717, 1.165) is 18.2 Å². The Morgan fingerprint density at radius 3 is 2.09 bits per heavy atom. The van der Waals surface area contributed by atoms with Crippen LogP contribution in [0.25, 0.3) is 0 Å². The van der Waals surface area contributed by atoms with Crippen molar-refractivity contribution < 1.29 is 29.3 Å². The number of aliphatic hydroxyl groups excluding tert-OH is 1. The number of hydrogen-bond acceptors (Lipinski definition) is 8. The van der Waals surface area contributed by atoms with Crippen LogP contribution in [-0.2, 0) is 9.53 Å². The lowest BCUT2D eigenvalue weighted by Crippen LogP contribution is -2.21. The number of nitro groups is 2. The molecule has 0 aliphatic carbocycles. The fraction of sp³-hybridized carbons (Fsp3) is 0.182. The van der Waals surface area contributed by atoms with Crippen LogP contribution in [0.2, 0.25) is 0 Å². The van der Waals surface area contributed by atoms with Gasteiger partial charge < -0.3 is 9.84 Å². The van der Waals surface area contributed by atoms with Crippen molar-refractivity contribution in [2.45, 2.75) is 26.9 Å². The molecule has 0 bridgehead atoms. The lowest BCUT2D eigenvalue weighted by molar-refractivity contribution is -0.394. The van der Waals surface area contributed by atoms with Crippen LogP contribution in [0.1, 0.15) is 42.3 Å². The second kappa shape index (κ2) is 9.40. The summed E-state index contributed by atoms with van der Waals surface area (Å²) in [5, 5.41) is 32.4. The maximum atomic E-state index is 12.8. The van der Waals surface area contributed by atoms with Gasteiger partial charge in [-0.2, -0.15) is 4.99 Å². The van der Waals surface area contributed by atoms with E-state index >= 15 is 0 Å². The van der Waals surface area contributed by atoms with Gasteiger partial charge in [-0.3, -0.25) is 25.0 Å². The zero-order valence-corrected chi connectivity index (χ0v) is 18.2. The number of amidine groups is 1. The molecule has 2 aromatic rings. The maximum Gasteiger partial charge on any atom is 0.344 e. The number of rotatable bonds is 6. The van der Waals surface area contributed by atoms with Crippen molar-refractivity contribution in [2.24, 2.45) is 9.98 Å².